The summed E-state index contributed by atoms with van der Waals surface area (Å²) in [5, 5.41) is 0. The van der Waals surface area contributed by atoms with E-state index < -0.39 is 0 Å². The number of hydrogen-bond acceptors (Lipinski definition) is 0. The molecule has 314 valence electrons. The van der Waals surface area contributed by atoms with Crippen LogP contribution in [0.4, 0.5) is 0 Å². The number of benzene rings is 4. The molecule has 0 unspecified atom stereocenters. The maximum absolute atomic E-state index is 3.57. The van der Waals surface area contributed by atoms with Gasteiger partial charge in [-0.2, -0.15) is 0 Å². The summed E-state index contributed by atoms with van der Waals surface area (Å²) in [7, 11) is 0. The molecular weight excluding hydrogens is 709 g/mol. The Morgan fingerprint density at radius 3 is 1.00 bits per heavy atom. The lowest BCUT2D eigenvalue weighted by Crippen LogP contribution is -2.12. The van der Waals surface area contributed by atoms with Gasteiger partial charge in [-0.25, -0.2) is 0 Å². The highest BCUT2D eigenvalue weighted by molar-refractivity contribution is 5.38. The molecule has 0 N–H and O–H groups in total. The second-order valence-electron chi connectivity index (χ2n) is 18.0. The molecule has 0 aromatic heterocycles. The van der Waals surface area contributed by atoms with Crippen LogP contribution in [-0.2, 0) is 25.7 Å². The zero-order valence-electron chi connectivity index (χ0n) is 37.8. The number of rotatable bonds is 17. The van der Waals surface area contributed by atoms with Crippen LogP contribution in [0.15, 0.2) is 97.1 Å². The minimum Gasteiger partial charge on any atom is -0.0945 e. The summed E-state index contributed by atoms with van der Waals surface area (Å²) in [4.78, 5) is 0. The number of unbranched alkanes of at least 4 members (excludes halogenated alkanes) is 7. The van der Waals surface area contributed by atoms with E-state index in [0.29, 0.717) is 11.8 Å². The first-order chi connectivity index (χ1) is 29.1. The molecule has 0 bridgehead atoms. The lowest BCUT2D eigenvalue weighted by Gasteiger charge is -2.26. The van der Waals surface area contributed by atoms with Crippen LogP contribution in [0.2, 0.25) is 0 Å². The van der Waals surface area contributed by atoms with Crippen molar-refractivity contribution in [3.8, 4) is 23.7 Å². The molecular formula is C59H78. The monoisotopic (exact) mass is 787 g/mol. The van der Waals surface area contributed by atoms with Crippen molar-refractivity contribution in [2.45, 2.75) is 187 Å². The molecule has 2 saturated carbocycles. The summed E-state index contributed by atoms with van der Waals surface area (Å²) in [6.45, 7) is 9.05. The Balaban J connectivity index is 0.000000224. The van der Waals surface area contributed by atoms with E-state index in [-0.39, 0.29) is 0 Å². The zero-order valence-corrected chi connectivity index (χ0v) is 37.8. The summed E-state index contributed by atoms with van der Waals surface area (Å²) in [6, 6.07) is 36.8. The first kappa shape index (κ1) is 46.1. The van der Waals surface area contributed by atoms with E-state index in [1.165, 1.54) is 181 Å². The van der Waals surface area contributed by atoms with Gasteiger partial charge in [-0.3, -0.25) is 0 Å². The van der Waals surface area contributed by atoms with Crippen molar-refractivity contribution >= 4 is 0 Å². The molecule has 6 rings (SSSR count). The molecule has 0 aliphatic heterocycles. The molecule has 4 aromatic carbocycles. The molecule has 0 atom stereocenters. The van der Waals surface area contributed by atoms with Crippen LogP contribution in [0.25, 0.3) is 0 Å². The van der Waals surface area contributed by atoms with Gasteiger partial charge in [0.2, 0.25) is 0 Å². The third-order valence-electron chi connectivity index (χ3n) is 13.1. The van der Waals surface area contributed by atoms with Crippen LogP contribution in [-0.4, -0.2) is 0 Å². The average molecular weight is 787 g/mol. The Morgan fingerprint density at radius 1 is 0.339 bits per heavy atom. The van der Waals surface area contributed by atoms with Crippen molar-refractivity contribution in [2.75, 3.05) is 0 Å². The van der Waals surface area contributed by atoms with Crippen molar-refractivity contribution in [3.63, 3.8) is 0 Å². The maximum Gasteiger partial charge on any atom is 0.0245 e. The van der Waals surface area contributed by atoms with Crippen LogP contribution in [0.3, 0.4) is 0 Å². The van der Waals surface area contributed by atoms with Gasteiger partial charge in [-0.1, -0.05) is 169 Å². The van der Waals surface area contributed by atoms with Gasteiger partial charge in [-0.05, 0) is 172 Å². The Labute approximate surface area is 362 Å². The van der Waals surface area contributed by atoms with Crippen LogP contribution in [0.1, 0.15) is 206 Å². The Hall–Kier alpha value is -4.00. The largest absolute Gasteiger partial charge is 0.0945 e. The number of aryl methyl sites for hydroxylation is 4. The van der Waals surface area contributed by atoms with Gasteiger partial charge in [0.1, 0.15) is 0 Å². The van der Waals surface area contributed by atoms with Crippen molar-refractivity contribution in [2.24, 2.45) is 11.8 Å². The smallest absolute Gasteiger partial charge is 0.0245 e. The summed E-state index contributed by atoms with van der Waals surface area (Å²) in [6.07, 6.45) is 29.4. The standard InChI is InChI=1S/C30H40.C29H38/c1-3-5-7-8-10-26-17-21-29(22-18-26)30-23-19-28(20-24-30)16-15-27-13-11-25(12-14-27)9-6-4-2;1-3-5-7-9-25-16-20-28(21-17-25)29-22-18-27(19-23-29)15-14-26-12-10-24(11-13-26)8-6-4-2/h11-14,17-18,21-22,28,30H,3-10,19-20,23-24H2,1-2H3;10-13,16-17,20-21,27,29H,3-9,18-19,22-23H2,1-2H3/t28-,30-;27-,29-. The lowest BCUT2D eigenvalue weighted by molar-refractivity contribution is 0.384. The molecule has 0 spiro atoms. The predicted octanol–water partition coefficient (Wildman–Crippen LogP) is 16.6. The van der Waals surface area contributed by atoms with Gasteiger partial charge in [0.25, 0.3) is 0 Å². The van der Waals surface area contributed by atoms with Gasteiger partial charge in [-0.15, -0.1) is 0 Å². The van der Waals surface area contributed by atoms with Gasteiger partial charge >= 0.3 is 0 Å². The Kier molecular flexibility index (Phi) is 21.1. The Morgan fingerprint density at radius 2 is 0.644 bits per heavy atom. The van der Waals surface area contributed by atoms with Gasteiger partial charge in [0, 0.05) is 23.0 Å². The van der Waals surface area contributed by atoms with Crippen molar-refractivity contribution in [1.82, 2.24) is 0 Å². The van der Waals surface area contributed by atoms with Crippen LogP contribution < -0.4 is 0 Å². The zero-order chi connectivity index (χ0) is 41.3. The number of hydrogen-bond donors (Lipinski definition) is 0. The van der Waals surface area contributed by atoms with Gasteiger partial charge in [0.05, 0.1) is 0 Å². The maximum atomic E-state index is 3.57. The summed E-state index contributed by atoms with van der Waals surface area (Å²) in [5.74, 6) is 16.6. The summed E-state index contributed by atoms with van der Waals surface area (Å²) < 4.78 is 0. The van der Waals surface area contributed by atoms with Gasteiger partial charge < -0.3 is 0 Å². The van der Waals surface area contributed by atoms with Crippen molar-refractivity contribution in [3.05, 3.63) is 142 Å². The summed E-state index contributed by atoms with van der Waals surface area (Å²) in [5.41, 5.74) is 11.3. The topological polar surface area (TPSA) is 0 Å². The van der Waals surface area contributed by atoms with Crippen LogP contribution >= 0.6 is 0 Å². The molecule has 0 heteroatoms. The van der Waals surface area contributed by atoms with Gasteiger partial charge in [0.15, 0.2) is 0 Å². The molecule has 2 aliphatic rings. The fraction of sp³-hybridized carbons (Fsp3) is 0.525. The molecule has 59 heavy (non-hydrogen) atoms. The molecule has 0 nitrogen and oxygen atoms in total. The molecule has 2 fully saturated rings. The minimum absolute atomic E-state index is 0.568. The molecule has 4 aromatic rings. The molecule has 0 amide bonds. The quantitative estimate of drug-likeness (QED) is 0.0739. The lowest BCUT2D eigenvalue weighted by atomic mass is 9.78. The highest BCUT2D eigenvalue weighted by Gasteiger charge is 2.22. The van der Waals surface area contributed by atoms with Crippen LogP contribution in [0, 0.1) is 35.5 Å². The highest BCUT2D eigenvalue weighted by atomic mass is 14.3. The third-order valence-corrected chi connectivity index (χ3v) is 13.1. The molecule has 0 radical (unpaired) electrons. The van der Waals surface area contributed by atoms with Crippen LogP contribution in [0.5, 0.6) is 0 Å². The van der Waals surface area contributed by atoms with E-state index in [0.717, 1.165) is 11.8 Å². The van der Waals surface area contributed by atoms with E-state index in [1.54, 1.807) is 11.1 Å². The fourth-order valence-corrected chi connectivity index (χ4v) is 9.03. The second kappa shape index (κ2) is 27.0. The predicted molar refractivity (Wildman–Crippen MR) is 257 cm³/mol. The average Bonchev–Trinajstić information content (AvgIpc) is 3.29. The van der Waals surface area contributed by atoms with E-state index in [2.05, 4.69) is 148 Å². The van der Waals surface area contributed by atoms with E-state index >= 15 is 0 Å². The first-order valence-corrected chi connectivity index (χ1v) is 24.4. The SMILES string of the molecule is CCCCCCc1ccc([C@H]2CC[C@H](C#Cc3ccc(CCCC)cc3)CC2)cc1.CCCCCc1ccc([C@H]2CC[C@H](C#Cc3ccc(CCCC)cc3)CC2)cc1. The fourth-order valence-electron chi connectivity index (χ4n) is 9.03. The van der Waals surface area contributed by atoms with Crippen molar-refractivity contribution < 1.29 is 0 Å². The summed E-state index contributed by atoms with van der Waals surface area (Å²) >= 11 is 0. The van der Waals surface area contributed by atoms with E-state index in [9.17, 15) is 0 Å². The highest BCUT2D eigenvalue weighted by Crippen LogP contribution is 2.37. The van der Waals surface area contributed by atoms with E-state index in [4.69, 9.17) is 0 Å². The minimum atomic E-state index is 0.568. The second-order valence-corrected chi connectivity index (χ2v) is 18.0. The molecule has 0 heterocycles. The first-order valence-electron chi connectivity index (χ1n) is 24.4. The Bertz CT molecular complexity index is 1820. The molecule has 0 saturated heterocycles. The molecule has 2 aliphatic carbocycles. The van der Waals surface area contributed by atoms with Crippen molar-refractivity contribution in [1.29, 1.82) is 0 Å². The van der Waals surface area contributed by atoms with E-state index in [1.807, 2.05) is 0 Å². The third kappa shape index (κ3) is 16.9. The normalized spacial score (nSPS) is 18.7.